The second-order valence-corrected chi connectivity index (χ2v) is 9.39. The molecule has 1 aromatic heterocycles. The molecule has 2 aromatic carbocycles. The maximum atomic E-state index is 12.8. The van der Waals surface area contributed by atoms with Gasteiger partial charge in [0.25, 0.3) is 10.0 Å². The number of hydrogen-bond donors (Lipinski definition) is 3. The highest BCUT2D eigenvalue weighted by Gasteiger charge is 2.17. The molecule has 0 aliphatic heterocycles. The van der Waals surface area contributed by atoms with E-state index in [0.29, 0.717) is 17.2 Å². The molecule has 200 valence electrons. The van der Waals surface area contributed by atoms with Gasteiger partial charge in [-0.05, 0) is 60.3 Å². The third kappa shape index (κ3) is 7.54. The van der Waals surface area contributed by atoms with Gasteiger partial charge in [0.15, 0.2) is 22.4 Å². The number of amides is 1. The molecule has 1 amide bonds. The first-order valence-corrected chi connectivity index (χ1v) is 12.7. The number of ether oxygens (including phenoxy) is 4. The topological polar surface area (TPSA) is 150 Å². The molecule has 14 heteroatoms. The van der Waals surface area contributed by atoms with Crippen molar-refractivity contribution in [2.24, 2.45) is 0 Å². The minimum atomic E-state index is -3.98. The van der Waals surface area contributed by atoms with E-state index >= 15 is 0 Å². The standard InChI is InChI=1S/C24H25N5O7S2/c1-33-18-11-5-15(13-19(18)34-2)6-12-21(30)27-24(37)25-16-7-9-17(10-8-16)38(31,32)29-20-14-22(35-3)28-23(26-20)36-4/h5-14H,1-4H3,(H,26,28,29)(H2,25,27,30,37). The summed E-state index contributed by atoms with van der Waals surface area (Å²) >= 11 is 5.17. The fourth-order valence-electron chi connectivity index (χ4n) is 3.01. The van der Waals surface area contributed by atoms with Crippen molar-refractivity contribution in [1.29, 1.82) is 0 Å². The van der Waals surface area contributed by atoms with E-state index in [4.69, 9.17) is 31.2 Å². The van der Waals surface area contributed by atoms with Crippen LogP contribution in [-0.4, -0.2) is 57.8 Å². The largest absolute Gasteiger partial charge is 0.493 e. The Labute approximate surface area is 225 Å². The van der Waals surface area contributed by atoms with Gasteiger partial charge in [-0.3, -0.25) is 14.8 Å². The van der Waals surface area contributed by atoms with Gasteiger partial charge in [0.1, 0.15) is 0 Å². The molecule has 0 aliphatic carbocycles. The predicted molar refractivity (Wildman–Crippen MR) is 145 cm³/mol. The average molecular weight is 560 g/mol. The lowest BCUT2D eigenvalue weighted by atomic mass is 10.2. The number of nitrogens with one attached hydrogen (secondary N) is 3. The van der Waals surface area contributed by atoms with E-state index in [2.05, 4.69) is 25.3 Å². The van der Waals surface area contributed by atoms with E-state index in [1.54, 1.807) is 24.3 Å². The molecular weight excluding hydrogens is 534 g/mol. The fourth-order valence-corrected chi connectivity index (χ4v) is 4.22. The van der Waals surface area contributed by atoms with Crippen LogP contribution in [0.2, 0.25) is 0 Å². The van der Waals surface area contributed by atoms with Gasteiger partial charge in [0, 0.05) is 17.8 Å². The van der Waals surface area contributed by atoms with Crippen LogP contribution in [0.1, 0.15) is 5.56 Å². The van der Waals surface area contributed by atoms with Crippen LogP contribution < -0.4 is 34.3 Å². The van der Waals surface area contributed by atoms with Crippen LogP contribution in [0, 0.1) is 0 Å². The van der Waals surface area contributed by atoms with Crippen LogP contribution in [0.15, 0.2) is 59.5 Å². The third-order valence-electron chi connectivity index (χ3n) is 4.81. The first-order valence-electron chi connectivity index (χ1n) is 10.8. The average Bonchev–Trinajstić information content (AvgIpc) is 2.91. The van der Waals surface area contributed by atoms with E-state index in [9.17, 15) is 13.2 Å². The zero-order valence-corrected chi connectivity index (χ0v) is 22.5. The fraction of sp³-hybridized carbons (Fsp3) is 0.167. The lowest BCUT2D eigenvalue weighted by molar-refractivity contribution is -0.115. The molecule has 3 aromatic rings. The van der Waals surface area contributed by atoms with Crippen LogP contribution in [0.3, 0.4) is 0 Å². The molecule has 3 rings (SSSR count). The number of carbonyl (C=O) groups excluding carboxylic acids is 1. The van der Waals surface area contributed by atoms with Crippen molar-refractivity contribution >= 4 is 50.8 Å². The van der Waals surface area contributed by atoms with Crippen LogP contribution in [0.5, 0.6) is 23.4 Å². The van der Waals surface area contributed by atoms with Gasteiger partial charge in [-0.15, -0.1) is 0 Å². The number of nitrogens with zero attached hydrogens (tertiary/aromatic N) is 2. The summed E-state index contributed by atoms with van der Waals surface area (Å²) in [7, 11) is 1.81. The van der Waals surface area contributed by atoms with E-state index in [1.165, 1.54) is 64.8 Å². The molecular formula is C24H25N5O7S2. The van der Waals surface area contributed by atoms with Gasteiger partial charge < -0.3 is 24.3 Å². The summed E-state index contributed by atoms with van der Waals surface area (Å²) < 4.78 is 48.3. The summed E-state index contributed by atoms with van der Waals surface area (Å²) in [4.78, 5) is 20.1. The quantitative estimate of drug-likeness (QED) is 0.249. The second kappa shape index (κ2) is 12.7. The van der Waals surface area contributed by atoms with Gasteiger partial charge in [0.05, 0.1) is 33.3 Å². The van der Waals surface area contributed by atoms with Crippen molar-refractivity contribution < 1.29 is 32.2 Å². The summed E-state index contributed by atoms with van der Waals surface area (Å²) in [6.07, 6.45) is 2.91. The molecule has 0 aliphatic rings. The molecule has 1 heterocycles. The summed E-state index contributed by atoms with van der Waals surface area (Å²) in [5, 5.41) is 5.37. The molecule has 0 bridgehead atoms. The molecule has 3 N–H and O–H groups in total. The molecule has 38 heavy (non-hydrogen) atoms. The lowest BCUT2D eigenvalue weighted by Crippen LogP contribution is -2.32. The number of carbonyl (C=O) groups is 1. The number of rotatable bonds is 10. The molecule has 0 fully saturated rings. The van der Waals surface area contributed by atoms with Crippen molar-refractivity contribution in [2.45, 2.75) is 4.90 Å². The van der Waals surface area contributed by atoms with Crippen molar-refractivity contribution in [1.82, 2.24) is 15.3 Å². The summed E-state index contributed by atoms with van der Waals surface area (Å²) in [6.45, 7) is 0. The summed E-state index contributed by atoms with van der Waals surface area (Å²) in [6, 6.07) is 12.2. The molecule has 12 nitrogen and oxygen atoms in total. The third-order valence-corrected chi connectivity index (χ3v) is 6.38. The van der Waals surface area contributed by atoms with Gasteiger partial charge in [-0.1, -0.05) is 6.07 Å². The van der Waals surface area contributed by atoms with Crippen LogP contribution >= 0.6 is 12.2 Å². The Morgan fingerprint density at radius 2 is 1.61 bits per heavy atom. The maximum Gasteiger partial charge on any atom is 0.321 e. The highest BCUT2D eigenvalue weighted by atomic mass is 32.2. The molecule has 0 saturated carbocycles. The first-order chi connectivity index (χ1) is 18.2. The number of hydrogen-bond acceptors (Lipinski definition) is 10. The minimum Gasteiger partial charge on any atom is -0.493 e. The first kappa shape index (κ1) is 28.1. The number of methoxy groups -OCH3 is 4. The highest BCUT2D eigenvalue weighted by Crippen LogP contribution is 2.28. The monoisotopic (exact) mass is 559 g/mol. The normalized spacial score (nSPS) is 10.9. The Bertz CT molecular complexity index is 1420. The number of thiocarbonyl (C=S) groups is 1. The summed E-state index contributed by atoms with van der Waals surface area (Å²) in [5.41, 5.74) is 1.18. The van der Waals surface area contributed by atoms with Crippen molar-refractivity contribution in [2.75, 3.05) is 38.5 Å². The zero-order chi connectivity index (χ0) is 27.7. The number of aromatic nitrogens is 2. The Hall–Kier alpha value is -4.43. The van der Waals surface area contributed by atoms with Gasteiger partial charge in [-0.2, -0.15) is 9.97 Å². The molecule has 0 unspecified atom stereocenters. The Morgan fingerprint density at radius 1 is 0.895 bits per heavy atom. The number of sulfonamides is 1. The second-order valence-electron chi connectivity index (χ2n) is 7.30. The Morgan fingerprint density at radius 3 is 2.24 bits per heavy atom. The number of benzene rings is 2. The SMILES string of the molecule is COc1cc(NS(=O)(=O)c2ccc(NC(=S)NC(=O)C=Cc3ccc(OC)c(OC)c3)cc2)nc(OC)n1. The van der Waals surface area contributed by atoms with Crippen molar-refractivity contribution in [3.8, 4) is 23.4 Å². The zero-order valence-electron chi connectivity index (χ0n) is 20.8. The molecule has 0 atom stereocenters. The molecule has 0 spiro atoms. The lowest BCUT2D eigenvalue weighted by Gasteiger charge is -2.11. The highest BCUT2D eigenvalue weighted by molar-refractivity contribution is 7.92. The van der Waals surface area contributed by atoms with E-state index in [1.807, 2.05) is 0 Å². The van der Waals surface area contributed by atoms with Crippen molar-refractivity contribution in [3.05, 3.63) is 60.2 Å². The van der Waals surface area contributed by atoms with Gasteiger partial charge in [0.2, 0.25) is 11.8 Å². The van der Waals surface area contributed by atoms with Crippen LogP contribution in [0.4, 0.5) is 11.5 Å². The molecule has 0 saturated heterocycles. The van der Waals surface area contributed by atoms with E-state index < -0.39 is 15.9 Å². The van der Waals surface area contributed by atoms with Gasteiger partial charge >= 0.3 is 6.01 Å². The van der Waals surface area contributed by atoms with E-state index in [0.717, 1.165) is 5.56 Å². The minimum absolute atomic E-state index is 0.0269. The Kier molecular flexibility index (Phi) is 9.40. The Balaban J connectivity index is 1.60. The van der Waals surface area contributed by atoms with Crippen LogP contribution in [-0.2, 0) is 14.8 Å². The van der Waals surface area contributed by atoms with Gasteiger partial charge in [-0.25, -0.2) is 8.42 Å². The predicted octanol–water partition coefficient (Wildman–Crippen LogP) is 2.84. The van der Waals surface area contributed by atoms with E-state index in [-0.39, 0.29) is 27.7 Å². The van der Waals surface area contributed by atoms with Crippen molar-refractivity contribution in [3.63, 3.8) is 0 Å². The molecule has 0 radical (unpaired) electrons. The smallest absolute Gasteiger partial charge is 0.321 e. The van der Waals surface area contributed by atoms with Crippen LogP contribution in [0.25, 0.3) is 6.08 Å². The number of anilines is 2. The maximum absolute atomic E-state index is 12.8. The summed E-state index contributed by atoms with van der Waals surface area (Å²) in [5.74, 6) is 0.744.